The molecule has 3 aliphatic rings. The van der Waals surface area contributed by atoms with Crippen molar-refractivity contribution < 1.29 is 28.6 Å². The van der Waals surface area contributed by atoms with Gasteiger partial charge in [0.2, 0.25) is 6.79 Å². The minimum absolute atomic E-state index is 0.0601. The Balaban J connectivity index is 1.22. The third-order valence-electron chi connectivity index (χ3n) is 7.44. The number of carbonyl (C=O) groups is 3. The molecule has 2 aromatic rings. The second kappa shape index (κ2) is 9.72. The van der Waals surface area contributed by atoms with Crippen molar-refractivity contribution in [2.45, 2.75) is 51.3 Å². The maximum Gasteiger partial charge on any atom is 0.325 e. The largest absolute Gasteiger partial charge is 0.481 e. The summed E-state index contributed by atoms with van der Waals surface area (Å²) < 4.78 is 16.6. The number of ether oxygens (including phenoxy) is 3. The van der Waals surface area contributed by atoms with Gasteiger partial charge in [-0.3, -0.25) is 14.5 Å². The molecule has 0 bridgehead atoms. The molecule has 0 radical (unpaired) electrons. The van der Waals surface area contributed by atoms with Crippen LogP contribution in [0, 0.1) is 5.92 Å². The van der Waals surface area contributed by atoms with Gasteiger partial charge in [-0.15, -0.1) is 0 Å². The lowest BCUT2D eigenvalue weighted by atomic mass is 9.75. The van der Waals surface area contributed by atoms with E-state index in [0.29, 0.717) is 49.6 Å². The second-order valence-electron chi connectivity index (χ2n) is 9.51. The summed E-state index contributed by atoms with van der Waals surface area (Å²) in [4.78, 5) is 42.6. The predicted molar refractivity (Wildman–Crippen MR) is 131 cm³/mol. The highest BCUT2D eigenvalue weighted by Gasteiger charge is 2.55. The van der Waals surface area contributed by atoms with E-state index in [2.05, 4.69) is 5.32 Å². The number of piperidine rings is 1. The van der Waals surface area contributed by atoms with E-state index in [1.54, 1.807) is 24.0 Å². The Kier molecular flexibility index (Phi) is 6.47. The zero-order valence-electron chi connectivity index (χ0n) is 20.6. The predicted octanol–water partition coefficient (Wildman–Crippen LogP) is 3.32. The van der Waals surface area contributed by atoms with Gasteiger partial charge in [0.05, 0.1) is 6.54 Å². The van der Waals surface area contributed by atoms with Crippen molar-refractivity contribution in [3.63, 3.8) is 0 Å². The van der Waals surface area contributed by atoms with Gasteiger partial charge >= 0.3 is 6.03 Å². The summed E-state index contributed by atoms with van der Waals surface area (Å²) in [5.74, 6) is 1.58. The fraction of sp³-hybridized carbons (Fsp3) is 0.444. The smallest absolute Gasteiger partial charge is 0.325 e. The Bertz CT molecular complexity index is 1150. The van der Waals surface area contributed by atoms with Crippen LogP contribution in [0.5, 0.6) is 17.2 Å². The van der Waals surface area contributed by atoms with Crippen LogP contribution in [-0.4, -0.2) is 59.2 Å². The molecule has 2 atom stereocenters. The van der Waals surface area contributed by atoms with E-state index in [1.807, 2.05) is 43.3 Å². The number of urea groups is 1. The third-order valence-corrected chi connectivity index (χ3v) is 7.44. The van der Waals surface area contributed by atoms with Gasteiger partial charge in [-0.2, -0.15) is 0 Å². The number of carbonyl (C=O) groups excluding carboxylic acids is 3. The average Bonchev–Trinajstić information content (AvgIpc) is 3.47. The first kappa shape index (κ1) is 24.0. The topological polar surface area (TPSA) is 97.4 Å². The first-order valence-corrected chi connectivity index (χ1v) is 12.4. The molecule has 1 N–H and O–H groups in total. The van der Waals surface area contributed by atoms with Crippen LogP contribution in [0.15, 0.2) is 48.5 Å². The van der Waals surface area contributed by atoms with E-state index >= 15 is 0 Å². The molecule has 9 nitrogen and oxygen atoms in total. The molecule has 5 rings (SSSR count). The van der Waals surface area contributed by atoms with Gasteiger partial charge in [-0.1, -0.05) is 31.2 Å². The van der Waals surface area contributed by atoms with Crippen LogP contribution in [0.3, 0.4) is 0 Å². The number of nitrogens with one attached hydrogen (secondary N) is 1. The van der Waals surface area contributed by atoms with Gasteiger partial charge in [0.25, 0.3) is 11.8 Å². The first-order chi connectivity index (χ1) is 17.4. The van der Waals surface area contributed by atoms with E-state index in [-0.39, 0.29) is 37.1 Å². The van der Waals surface area contributed by atoms with Crippen LogP contribution in [0.4, 0.5) is 4.79 Å². The zero-order chi connectivity index (χ0) is 25.3. The fourth-order valence-electron chi connectivity index (χ4n) is 5.42. The van der Waals surface area contributed by atoms with Gasteiger partial charge in [0.15, 0.2) is 17.6 Å². The highest BCUT2D eigenvalue weighted by atomic mass is 16.7. The van der Waals surface area contributed by atoms with Crippen LogP contribution in [0.2, 0.25) is 0 Å². The van der Waals surface area contributed by atoms with Gasteiger partial charge in [-0.25, -0.2) is 4.79 Å². The zero-order valence-corrected chi connectivity index (χ0v) is 20.6. The molecule has 9 heteroatoms. The van der Waals surface area contributed by atoms with Crippen molar-refractivity contribution in [2.24, 2.45) is 5.92 Å². The average molecular weight is 494 g/mol. The third kappa shape index (κ3) is 4.34. The maximum absolute atomic E-state index is 13.6. The highest BCUT2D eigenvalue weighted by molar-refractivity contribution is 6.07. The van der Waals surface area contributed by atoms with Gasteiger partial charge in [-0.05, 0) is 61.9 Å². The number of hydrogen-bond donors (Lipinski definition) is 1. The van der Waals surface area contributed by atoms with Gasteiger partial charge in [0.1, 0.15) is 11.3 Å². The summed E-state index contributed by atoms with van der Waals surface area (Å²) in [6.45, 7) is 5.03. The van der Waals surface area contributed by atoms with E-state index in [4.69, 9.17) is 14.2 Å². The molecule has 0 spiro atoms. The molecular formula is C27H31N3O6. The van der Waals surface area contributed by atoms with Crippen molar-refractivity contribution >= 4 is 17.8 Å². The van der Waals surface area contributed by atoms with Gasteiger partial charge in [0, 0.05) is 13.1 Å². The van der Waals surface area contributed by atoms with Crippen molar-refractivity contribution in [3.05, 3.63) is 54.1 Å². The maximum atomic E-state index is 13.6. The number of imide groups is 1. The molecule has 0 aliphatic carbocycles. The quantitative estimate of drug-likeness (QED) is 0.595. The number of benzene rings is 2. The lowest BCUT2D eigenvalue weighted by Gasteiger charge is -2.41. The van der Waals surface area contributed by atoms with Crippen LogP contribution in [-0.2, 0) is 16.1 Å². The molecule has 190 valence electrons. The normalized spacial score (nSPS) is 22.5. The summed E-state index contributed by atoms with van der Waals surface area (Å²) in [7, 11) is 0. The van der Waals surface area contributed by atoms with Gasteiger partial charge < -0.3 is 24.4 Å². The van der Waals surface area contributed by atoms with Crippen LogP contribution in [0.1, 0.15) is 38.7 Å². The number of likely N-dealkylation sites (tertiary alicyclic amines) is 1. The number of nitrogens with zero attached hydrogens (tertiary/aromatic N) is 2. The summed E-state index contributed by atoms with van der Waals surface area (Å²) in [6.07, 6.45) is 1.14. The minimum Gasteiger partial charge on any atom is -0.481 e. The van der Waals surface area contributed by atoms with Crippen molar-refractivity contribution in [2.75, 3.05) is 19.9 Å². The Morgan fingerprint density at radius 1 is 1.11 bits per heavy atom. The van der Waals surface area contributed by atoms with Crippen LogP contribution >= 0.6 is 0 Å². The van der Waals surface area contributed by atoms with Crippen molar-refractivity contribution in [1.82, 2.24) is 15.1 Å². The molecule has 0 aromatic heterocycles. The lowest BCUT2D eigenvalue weighted by molar-refractivity contribution is -0.140. The minimum atomic E-state index is -0.964. The van der Waals surface area contributed by atoms with E-state index in [1.165, 1.54) is 4.90 Å². The Morgan fingerprint density at radius 2 is 1.83 bits per heavy atom. The standard InChI is InChI=1S/C27H31N3O6/c1-3-27(20-11-13-29(14-12-20)24(31)18(2)36-21-7-5-4-6-8-21)25(32)30(26(33)28-27)16-19-9-10-22-23(15-19)35-17-34-22/h4-10,15,18,20H,3,11-14,16-17H2,1-2H3,(H,28,33)/t18-,27-/m1/s1. The molecule has 2 saturated heterocycles. The molecular weight excluding hydrogens is 462 g/mol. The van der Waals surface area contributed by atoms with Crippen molar-refractivity contribution in [1.29, 1.82) is 0 Å². The summed E-state index contributed by atoms with van der Waals surface area (Å²) >= 11 is 0. The molecule has 36 heavy (non-hydrogen) atoms. The summed E-state index contributed by atoms with van der Waals surface area (Å²) in [6, 6.07) is 14.3. The number of hydrogen-bond acceptors (Lipinski definition) is 6. The first-order valence-electron chi connectivity index (χ1n) is 12.4. The number of para-hydroxylation sites is 1. The lowest BCUT2D eigenvalue weighted by Crippen LogP contribution is -2.56. The molecule has 0 unspecified atom stereocenters. The molecule has 3 heterocycles. The van der Waals surface area contributed by atoms with Crippen molar-refractivity contribution in [3.8, 4) is 17.2 Å². The SMILES string of the molecule is CC[C@]1(C2CCN(C(=O)[C@@H](C)Oc3ccccc3)CC2)NC(=O)N(Cc2ccc3c(c2)OCO3)C1=O. The van der Waals surface area contributed by atoms with E-state index < -0.39 is 11.6 Å². The molecule has 4 amide bonds. The summed E-state index contributed by atoms with van der Waals surface area (Å²) in [5, 5.41) is 3.01. The number of amides is 4. The second-order valence-corrected chi connectivity index (χ2v) is 9.51. The monoisotopic (exact) mass is 493 g/mol. The summed E-state index contributed by atoms with van der Waals surface area (Å²) in [5.41, 5.74) is -0.170. The Labute approximate surface area is 210 Å². The molecule has 0 saturated carbocycles. The Hall–Kier alpha value is -3.75. The number of fused-ring (bicyclic) bond motifs is 1. The molecule has 2 aromatic carbocycles. The van der Waals surface area contributed by atoms with Crippen LogP contribution in [0.25, 0.3) is 0 Å². The highest BCUT2D eigenvalue weighted by Crippen LogP contribution is 2.38. The molecule has 2 fully saturated rings. The number of rotatable bonds is 7. The van der Waals surface area contributed by atoms with E-state index in [9.17, 15) is 14.4 Å². The van der Waals surface area contributed by atoms with E-state index in [0.717, 1.165) is 5.56 Å². The van der Waals surface area contributed by atoms with Crippen LogP contribution < -0.4 is 19.5 Å². The molecule has 3 aliphatic heterocycles. The fourth-order valence-corrected chi connectivity index (χ4v) is 5.42. The Morgan fingerprint density at radius 3 is 2.56 bits per heavy atom.